The molecule has 1 fully saturated rings. The molecule has 2 atom stereocenters. The molecule has 142 valence electrons. The van der Waals surface area contributed by atoms with Crippen molar-refractivity contribution in [2.45, 2.75) is 32.7 Å². The number of nitrogens with zero attached hydrogens (tertiary/aromatic N) is 2. The summed E-state index contributed by atoms with van der Waals surface area (Å²) in [4.78, 5) is 44.6. The lowest BCUT2D eigenvalue weighted by atomic mass is 9.87. The summed E-state index contributed by atoms with van der Waals surface area (Å²) >= 11 is 0. The minimum atomic E-state index is -0.610. The van der Waals surface area contributed by atoms with Crippen LogP contribution in [-0.4, -0.2) is 40.0 Å². The summed E-state index contributed by atoms with van der Waals surface area (Å²) in [6, 6.07) is 5.10. The summed E-state index contributed by atoms with van der Waals surface area (Å²) < 4.78 is 5.66. The van der Waals surface area contributed by atoms with Crippen LogP contribution in [0.2, 0.25) is 0 Å². The van der Waals surface area contributed by atoms with Crippen molar-refractivity contribution in [2.24, 2.45) is 11.8 Å². The van der Waals surface area contributed by atoms with Crippen molar-refractivity contribution < 1.29 is 18.8 Å². The van der Waals surface area contributed by atoms with Gasteiger partial charge in [0.05, 0.1) is 12.2 Å². The van der Waals surface area contributed by atoms with E-state index in [0.717, 1.165) is 0 Å². The van der Waals surface area contributed by atoms with E-state index in [9.17, 15) is 14.4 Å². The van der Waals surface area contributed by atoms with E-state index in [2.05, 4.69) is 20.6 Å². The molecule has 1 aliphatic heterocycles. The van der Waals surface area contributed by atoms with Gasteiger partial charge in [0.15, 0.2) is 11.5 Å². The van der Waals surface area contributed by atoms with Gasteiger partial charge in [0, 0.05) is 25.1 Å². The third-order valence-corrected chi connectivity index (χ3v) is 4.54. The molecule has 1 amide bonds. The van der Waals surface area contributed by atoms with E-state index in [0.29, 0.717) is 24.4 Å². The highest BCUT2D eigenvalue weighted by molar-refractivity contribution is 6.37. The molecule has 2 aromatic heterocycles. The molecule has 0 spiro atoms. The van der Waals surface area contributed by atoms with Crippen LogP contribution in [0.5, 0.6) is 0 Å². The number of carbonyl (C=O) groups excluding carboxylic acids is 3. The van der Waals surface area contributed by atoms with Crippen LogP contribution >= 0.6 is 0 Å². The molecule has 0 aliphatic carbocycles. The number of rotatable bonds is 7. The first-order valence-corrected chi connectivity index (χ1v) is 8.94. The quantitative estimate of drug-likeness (QED) is 0.715. The molecular formula is C19H22N4O4. The van der Waals surface area contributed by atoms with E-state index in [1.54, 1.807) is 24.5 Å². The molecule has 8 nitrogen and oxygen atoms in total. The number of oxazole rings is 1. The summed E-state index contributed by atoms with van der Waals surface area (Å²) in [6.07, 6.45) is 3.70. The number of anilines is 1. The molecule has 0 radical (unpaired) electrons. The molecule has 2 aromatic rings. The van der Waals surface area contributed by atoms with Crippen molar-refractivity contribution in [2.75, 3.05) is 11.9 Å². The number of aromatic nitrogens is 2. The molecule has 1 saturated heterocycles. The molecule has 8 heteroatoms. The fourth-order valence-corrected chi connectivity index (χ4v) is 3.05. The van der Waals surface area contributed by atoms with E-state index in [1.165, 1.54) is 0 Å². The van der Waals surface area contributed by atoms with Crippen molar-refractivity contribution in [1.29, 1.82) is 0 Å². The van der Waals surface area contributed by atoms with Crippen LogP contribution in [0.4, 0.5) is 6.01 Å². The largest absolute Gasteiger partial charge is 0.422 e. The monoisotopic (exact) mass is 370 g/mol. The standard InChI is InChI=1S/C19H22N4O4/c1-11(2)16(14(24)9-12-6-8-21-18(26)17(12)25)23-19-22-10-15(27-19)13-5-3-4-7-20-13/h3-5,7,10-12,16H,6,8-9H2,1-2H3,(H,21,26)(H,22,23). The Kier molecular flexibility index (Phi) is 5.63. The van der Waals surface area contributed by atoms with E-state index in [4.69, 9.17) is 4.42 Å². The molecule has 3 heterocycles. The summed E-state index contributed by atoms with van der Waals surface area (Å²) in [5.74, 6) is -1.40. The summed E-state index contributed by atoms with van der Waals surface area (Å²) in [6.45, 7) is 4.20. The fourth-order valence-electron chi connectivity index (χ4n) is 3.05. The van der Waals surface area contributed by atoms with Crippen LogP contribution < -0.4 is 10.6 Å². The Morgan fingerprint density at radius 2 is 2.15 bits per heavy atom. The molecule has 2 unspecified atom stereocenters. The molecule has 1 aliphatic rings. The number of nitrogens with one attached hydrogen (secondary N) is 2. The van der Waals surface area contributed by atoms with E-state index in [-0.39, 0.29) is 24.1 Å². The van der Waals surface area contributed by atoms with Crippen LogP contribution in [0.15, 0.2) is 35.0 Å². The summed E-state index contributed by atoms with van der Waals surface area (Å²) in [5, 5.41) is 5.52. The molecular weight excluding hydrogens is 348 g/mol. The maximum atomic E-state index is 12.8. The van der Waals surface area contributed by atoms with Crippen LogP contribution in [0, 0.1) is 11.8 Å². The van der Waals surface area contributed by atoms with Crippen LogP contribution in [0.3, 0.4) is 0 Å². The highest BCUT2D eigenvalue weighted by Crippen LogP contribution is 2.23. The smallest absolute Gasteiger partial charge is 0.295 e. The number of carbonyl (C=O) groups is 3. The fraction of sp³-hybridized carbons (Fsp3) is 0.421. The first-order chi connectivity index (χ1) is 13.0. The topological polar surface area (TPSA) is 114 Å². The molecule has 27 heavy (non-hydrogen) atoms. The second-order valence-electron chi connectivity index (χ2n) is 6.89. The van der Waals surface area contributed by atoms with Crippen molar-refractivity contribution in [1.82, 2.24) is 15.3 Å². The summed E-state index contributed by atoms with van der Waals surface area (Å²) in [5.41, 5.74) is 0.643. The van der Waals surface area contributed by atoms with Gasteiger partial charge in [-0.15, -0.1) is 0 Å². The van der Waals surface area contributed by atoms with Gasteiger partial charge in [0.2, 0.25) is 5.78 Å². The zero-order valence-corrected chi connectivity index (χ0v) is 15.3. The van der Waals surface area contributed by atoms with Gasteiger partial charge in [-0.25, -0.2) is 4.98 Å². The molecule has 2 N–H and O–H groups in total. The van der Waals surface area contributed by atoms with Gasteiger partial charge >= 0.3 is 0 Å². The summed E-state index contributed by atoms with van der Waals surface area (Å²) in [7, 11) is 0. The SMILES string of the molecule is CC(C)C(Nc1ncc(-c2ccccn2)o1)C(=O)CC1CCNC(=O)C1=O. The normalized spacial score (nSPS) is 18.3. The second kappa shape index (κ2) is 8.11. The predicted octanol–water partition coefficient (Wildman–Crippen LogP) is 1.84. The molecule has 3 rings (SSSR count). The number of ketones is 2. The highest BCUT2D eigenvalue weighted by atomic mass is 16.4. The number of pyridine rings is 1. The van der Waals surface area contributed by atoms with Crippen LogP contribution in [0.1, 0.15) is 26.7 Å². The Labute approximate surface area is 156 Å². The Morgan fingerprint density at radius 1 is 1.33 bits per heavy atom. The van der Waals surface area contributed by atoms with Gasteiger partial charge in [0.1, 0.15) is 5.69 Å². The lowest BCUT2D eigenvalue weighted by molar-refractivity contribution is -0.143. The first-order valence-electron chi connectivity index (χ1n) is 8.94. The zero-order chi connectivity index (χ0) is 19.4. The van der Waals surface area contributed by atoms with Crippen molar-refractivity contribution >= 4 is 23.5 Å². The Morgan fingerprint density at radius 3 is 2.85 bits per heavy atom. The first kappa shape index (κ1) is 18.8. The zero-order valence-electron chi connectivity index (χ0n) is 15.3. The lowest BCUT2D eigenvalue weighted by Gasteiger charge is -2.24. The van der Waals surface area contributed by atoms with E-state index >= 15 is 0 Å². The molecule has 0 bridgehead atoms. The van der Waals surface area contributed by atoms with E-state index in [1.807, 2.05) is 19.9 Å². The van der Waals surface area contributed by atoms with Gasteiger partial charge in [-0.2, -0.15) is 0 Å². The molecule has 0 saturated carbocycles. The number of hydrogen-bond acceptors (Lipinski definition) is 7. The average Bonchev–Trinajstić information content (AvgIpc) is 3.13. The third kappa shape index (κ3) is 4.39. The number of amides is 1. The van der Waals surface area contributed by atoms with Crippen molar-refractivity contribution in [3.8, 4) is 11.5 Å². The minimum Gasteiger partial charge on any atom is -0.422 e. The second-order valence-corrected chi connectivity index (χ2v) is 6.89. The maximum absolute atomic E-state index is 12.8. The van der Waals surface area contributed by atoms with Crippen LogP contribution in [0.25, 0.3) is 11.5 Å². The average molecular weight is 370 g/mol. The Balaban J connectivity index is 1.69. The van der Waals surface area contributed by atoms with Crippen molar-refractivity contribution in [3.05, 3.63) is 30.6 Å². The van der Waals surface area contributed by atoms with Gasteiger partial charge in [-0.3, -0.25) is 19.4 Å². The maximum Gasteiger partial charge on any atom is 0.295 e. The number of Topliss-reactive ketones (excluding diaryl/α,β-unsaturated/α-hetero) is 2. The van der Waals surface area contributed by atoms with Gasteiger partial charge in [0.25, 0.3) is 11.9 Å². The van der Waals surface area contributed by atoms with Crippen LogP contribution in [-0.2, 0) is 14.4 Å². The third-order valence-electron chi connectivity index (χ3n) is 4.54. The predicted molar refractivity (Wildman–Crippen MR) is 97.7 cm³/mol. The lowest BCUT2D eigenvalue weighted by Crippen LogP contribution is -2.45. The Bertz CT molecular complexity index is 831. The molecule has 0 aromatic carbocycles. The van der Waals surface area contributed by atoms with E-state index < -0.39 is 23.7 Å². The van der Waals surface area contributed by atoms with Crippen molar-refractivity contribution in [3.63, 3.8) is 0 Å². The van der Waals surface area contributed by atoms with Gasteiger partial charge in [-0.1, -0.05) is 19.9 Å². The van der Waals surface area contributed by atoms with Gasteiger partial charge in [-0.05, 0) is 24.5 Å². The Hall–Kier alpha value is -3.03. The highest BCUT2D eigenvalue weighted by Gasteiger charge is 2.34. The number of hydrogen-bond donors (Lipinski definition) is 2. The minimum absolute atomic E-state index is 0.0237. The van der Waals surface area contributed by atoms with Gasteiger partial charge < -0.3 is 15.1 Å². The number of piperidine rings is 1.